The van der Waals surface area contributed by atoms with E-state index in [1.165, 1.54) is 52.3 Å². The average Bonchev–Trinajstić information content (AvgIpc) is 2.92. The van der Waals surface area contributed by atoms with Gasteiger partial charge in [0.05, 0.1) is 0 Å². The Bertz CT molecular complexity index is 790. The summed E-state index contributed by atoms with van der Waals surface area (Å²) in [6, 6.07) is 15.1. The summed E-state index contributed by atoms with van der Waals surface area (Å²) < 4.78 is 1.41. The number of likely N-dealkylation sites (tertiary alicyclic amines) is 1. The number of hydrogen-bond acceptors (Lipinski definition) is 3. The predicted octanol–water partition coefficient (Wildman–Crippen LogP) is 4.70. The second-order valence-electron chi connectivity index (χ2n) is 6.36. The van der Waals surface area contributed by atoms with E-state index >= 15 is 0 Å². The van der Waals surface area contributed by atoms with Gasteiger partial charge in [-0.2, -0.15) is 0 Å². The maximum Gasteiger partial charge on any atom is 0.0476 e. The molecule has 1 aliphatic heterocycles. The summed E-state index contributed by atoms with van der Waals surface area (Å²) in [4.78, 5) is 8.69. The van der Waals surface area contributed by atoms with Crippen molar-refractivity contribution in [2.24, 2.45) is 0 Å². The predicted molar refractivity (Wildman–Crippen MR) is 98.3 cm³/mol. The SMILES string of the molecule is C[C@H](c1ccccn1)c1c(CCN2CCC2)sc2ccccc12. The fraction of sp³-hybridized carbons (Fsp3) is 0.350. The molecule has 1 aromatic carbocycles. The molecule has 2 nitrogen and oxygen atoms in total. The summed E-state index contributed by atoms with van der Waals surface area (Å²) in [6.45, 7) is 6.03. The van der Waals surface area contributed by atoms with Gasteiger partial charge in [0.2, 0.25) is 0 Å². The summed E-state index contributed by atoms with van der Waals surface area (Å²) in [5.41, 5.74) is 2.66. The van der Waals surface area contributed by atoms with Crippen LogP contribution in [-0.4, -0.2) is 29.5 Å². The molecule has 0 N–H and O–H groups in total. The smallest absolute Gasteiger partial charge is 0.0476 e. The third-order valence-corrected chi connectivity index (χ3v) is 6.13. The van der Waals surface area contributed by atoms with Crippen molar-refractivity contribution in [2.75, 3.05) is 19.6 Å². The Morgan fingerprint density at radius 3 is 2.70 bits per heavy atom. The number of benzene rings is 1. The van der Waals surface area contributed by atoms with Gasteiger partial charge in [-0.25, -0.2) is 0 Å². The fourth-order valence-electron chi connectivity index (χ4n) is 3.42. The van der Waals surface area contributed by atoms with E-state index in [1.807, 2.05) is 23.6 Å². The molecule has 23 heavy (non-hydrogen) atoms. The van der Waals surface area contributed by atoms with Gasteiger partial charge in [0.15, 0.2) is 0 Å². The van der Waals surface area contributed by atoms with Crippen LogP contribution in [0.15, 0.2) is 48.7 Å². The molecule has 0 bridgehead atoms. The van der Waals surface area contributed by atoms with Crippen LogP contribution in [-0.2, 0) is 6.42 Å². The third-order valence-electron chi connectivity index (χ3n) is 4.88. The first kappa shape index (κ1) is 14.9. The average molecular weight is 322 g/mol. The van der Waals surface area contributed by atoms with E-state index in [0.29, 0.717) is 5.92 Å². The van der Waals surface area contributed by atoms with Gasteiger partial charge in [0, 0.05) is 33.9 Å². The summed E-state index contributed by atoms with van der Waals surface area (Å²) in [5, 5.41) is 1.41. The number of nitrogens with zero attached hydrogens (tertiary/aromatic N) is 2. The topological polar surface area (TPSA) is 16.1 Å². The van der Waals surface area contributed by atoms with Crippen LogP contribution in [0.25, 0.3) is 10.1 Å². The largest absolute Gasteiger partial charge is 0.303 e. The zero-order valence-electron chi connectivity index (χ0n) is 13.5. The molecular weight excluding hydrogens is 300 g/mol. The first-order valence-electron chi connectivity index (χ1n) is 8.46. The first-order valence-corrected chi connectivity index (χ1v) is 9.28. The molecular formula is C20H22N2S. The molecule has 4 rings (SSSR count). The molecule has 1 aliphatic rings. The Morgan fingerprint density at radius 2 is 1.96 bits per heavy atom. The highest BCUT2D eigenvalue weighted by atomic mass is 32.1. The molecule has 3 aromatic rings. The Kier molecular flexibility index (Phi) is 4.15. The quantitative estimate of drug-likeness (QED) is 0.677. The lowest BCUT2D eigenvalue weighted by Gasteiger charge is -2.30. The Balaban J connectivity index is 1.72. The van der Waals surface area contributed by atoms with Crippen LogP contribution in [0.5, 0.6) is 0 Å². The molecule has 0 unspecified atom stereocenters. The molecule has 3 heteroatoms. The van der Waals surface area contributed by atoms with Crippen molar-refractivity contribution in [3.05, 3.63) is 64.8 Å². The van der Waals surface area contributed by atoms with Crippen molar-refractivity contribution in [1.29, 1.82) is 0 Å². The van der Waals surface area contributed by atoms with E-state index in [4.69, 9.17) is 0 Å². The number of aromatic nitrogens is 1. The van der Waals surface area contributed by atoms with E-state index in [0.717, 1.165) is 6.42 Å². The molecule has 0 saturated carbocycles. The number of hydrogen-bond donors (Lipinski definition) is 0. The highest BCUT2D eigenvalue weighted by Crippen LogP contribution is 2.38. The van der Waals surface area contributed by atoms with Crippen molar-refractivity contribution in [2.45, 2.75) is 25.7 Å². The van der Waals surface area contributed by atoms with Crippen molar-refractivity contribution >= 4 is 21.4 Å². The van der Waals surface area contributed by atoms with Crippen LogP contribution < -0.4 is 0 Å². The van der Waals surface area contributed by atoms with Crippen molar-refractivity contribution in [3.63, 3.8) is 0 Å². The third kappa shape index (κ3) is 2.91. The monoisotopic (exact) mass is 322 g/mol. The van der Waals surface area contributed by atoms with Gasteiger partial charge in [-0.3, -0.25) is 4.98 Å². The van der Waals surface area contributed by atoms with Crippen molar-refractivity contribution in [1.82, 2.24) is 9.88 Å². The molecule has 0 radical (unpaired) electrons. The van der Waals surface area contributed by atoms with Crippen LogP contribution >= 0.6 is 11.3 Å². The molecule has 1 atom stereocenters. The molecule has 0 aliphatic carbocycles. The van der Waals surface area contributed by atoms with E-state index in [-0.39, 0.29) is 0 Å². The van der Waals surface area contributed by atoms with E-state index < -0.39 is 0 Å². The van der Waals surface area contributed by atoms with E-state index in [1.54, 1.807) is 0 Å². The highest BCUT2D eigenvalue weighted by Gasteiger charge is 2.21. The van der Waals surface area contributed by atoms with Gasteiger partial charge in [0.25, 0.3) is 0 Å². The van der Waals surface area contributed by atoms with Gasteiger partial charge in [-0.05, 0) is 55.1 Å². The van der Waals surface area contributed by atoms with Crippen molar-refractivity contribution < 1.29 is 0 Å². The second-order valence-corrected chi connectivity index (χ2v) is 7.49. The van der Waals surface area contributed by atoms with Crippen LogP contribution in [0.4, 0.5) is 0 Å². The maximum absolute atomic E-state index is 4.60. The number of thiophene rings is 1. The van der Waals surface area contributed by atoms with Gasteiger partial charge in [-0.15, -0.1) is 11.3 Å². The number of pyridine rings is 1. The van der Waals surface area contributed by atoms with Gasteiger partial charge in [-0.1, -0.05) is 31.2 Å². The second kappa shape index (κ2) is 6.42. The van der Waals surface area contributed by atoms with Gasteiger partial charge in [0.1, 0.15) is 0 Å². The summed E-state index contributed by atoms with van der Waals surface area (Å²) in [6.07, 6.45) is 4.43. The van der Waals surface area contributed by atoms with Crippen LogP contribution in [0.3, 0.4) is 0 Å². The molecule has 0 amide bonds. The lowest BCUT2D eigenvalue weighted by atomic mass is 9.93. The summed E-state index contributed by atoms with van der Waals surface area (Å²) >= 11 is 1.97. The zero-order chi connectivity index (χ0) is 15.6. The normalized spacial score (nSPS) is 16.4. The fourth-order valence-corrected chi connectivity index (χ4v) is 4.71. The molecule has 118 valence electrons. The Morgan fingerprint density at radius 1 is 1.13 bits per heavy atom. The standard InChI is InChI=1S/C20H22N2S/c1-15(17-8-4-5-11-21-17)20-16-7-2-3-9-18(16)23-19(20)10-14-22-12-6-13-22/h2-5,7-9,11,15H,6,10,12-14H2,1H3/t15-/m1/s1. The number of fused-ring (bicyclic) bond motifs is 1. The van der Waals surface area contributed by atoms with Gasteiger partial charge >= 0.3 is 0 Å². The molecule has 2 aromatic heterocycles. The van der Waals surface area contributed by atoms with Crippen LogP contribution in [0, 0.1) is 0 Å². The minimum atomic E-state index is 0.346. The number of rotatable bonds is 5. The molecule has 1 saturated heterocycles. The van der Waals surface area contributed by atoms with Gasteiger partial charge < -0.3 is 4.90 Å². The highest BCUT2D eigenvalue weighted by molar-refractivity contribution is 7.19. The summed E-state index contributed by atoms with van der Waals surface area (Å²) in [5.74, 6) is 0.346. The van der Waals surface area contributed by atoms with E-state index in [9.17, 15) is 0 Å². The minimum absolute atomic E-state index is 0.346. The lowest BCUT2D eigenvalue weighted by molar-refractivity contribution is 0.184. The van der Waals surface area contributed by atoms with Crippen LogP contribution in [0.2, 0.25) is 0 Å². The van der Waals surface area contributed by atoms with Crippen LogP contribution in [0.1, 0.15) is 35.4 Å². The molecule has 3 heterocycles. The van der Waals surface area contributed by atoms with Crippen molar-refractivity contribution in [3.8, 4) is 0 Å². The lowest BCUT2D eigenvalue weighted by Crippen LogP contribution is -2.38. The molecule has 0 spiro atoms. The first-order chi connectivity index (χ1) is 11.3. The summed E-state index contributed by atoms with van der Waals surface area (Å²) in [7, 11) is 0. The molecule has 1 fully saturated rings. The van der Waals surface area contributed by atoms with E-state index in [2.05, 4.69) is 53.2 Å². The zero-order valence-corrected chi connectivity index (χ0v) is 14.4. The Labute approximate surface area is 141 Å². The Hall–Kier alpha value is -1.71. The maximum atomic E-state index is 4.60. The minimum Gasteiger partial charge on any atom is -0.303 e.